The van der Waals surface area contributed by atoms with Crippen LogP contribution in [0.2, 0.25) is 0 Å². The van der Waals surface area contributed by atoms with Gasteiger partial charge in [0.25, 0.3) is 5.69 Å². The summed E-state index contributed by atoms with van der Waals surface area (Å²) in [6, 6.07) is 11.8. The van der Waals surface area contributed by atoms with E-state index in [0.29, 0.717) is 11.1 Å². The van der Waals surface area contributed by atoms with E-state index in [0.717, 1.165) is 11.6 Å². The van der Waals surface area contributed by atoms with E-state index in [9.17, 15) is 18.5 Å². The average molecular weight is 375 g/mol. The van der Waals surface area contributed by atoms with Gasteiger partial charge in [-0.1, -0.05) is 30.3 Å². The maximum Gasteiger partial charge on any atom is 0.271 e. The van der Waals surface area contributed by atoms with Crippen LogP contribution < -0.4 is 5.73 Å². The molecule has 1 aliphatic rings. The van der Waals surface area contributed by atoms with Gasteiger partial charge >= 0.3 is 0 Å². The molecule has 0 unspecified atom stereocenters. The number of benzene rings is 2. The highest BCUT2D eigenvalue weighted by Crippen LogP contribution is 2.33. The van der Waals surface area contributed by atoms with Crippen LogP contribution in [0.4, 0.5) is 5.69 Å². The van der Waals surface area contributed by atoms with E-state index in [1.807, 2.05) is 30.3 Å². The fourth-order valence-electron chi connectivity index (χ4n) is 3.36. The van der Waals surface area contributed by atoms with Crippen molar-refractivity contribution in [3.63, 3.8) is 0 Å². The molecule has 8 heteroatoms. The van der Waals surface area contributed by atoms with Crippen LogP contribution in [0.1, 0.15) is 22.6 Å². The van der Waals surface area contributed by atoms with E-state index in [1.54, 1.807) is 13.8 Å². The second-order valence-corrected chi connectivity index (χ2v) is 8.55. The Morgan fingerprint density at radius 1 is 1.15 bits per heavy atom. The molecule has 1 heterocycles. The van der Waals surface area contributed by atoms with Gasteiger partial charge in [-0.3, -0.25) is 10.1 Å². The summed E-state index contributed by atoms with van der Waals surface area (Å²) in [6.45, 7) is 3.78. The number of nitro benzene ring substituents is 1. The van der Waals surface area contributed by atoms with Crippen molar-refractivity contribution in [3.05, 3.63) is 69.3 Å². The molecule has 0 spiro atoms. The Morgan fingerprint density at radius 3 is 2.42 bits per heavy atom. The van der Waals surface area contributed by atoms with Crippen molar-refractivity contribution in [2.45, 2.75) is 30.7 Å². The zero-order valence-electron chi connectivity index (χ0n) is 14.6. The van der Waals surface area contributed by atoms with Crippen molar-refractivity contribution in [1.29, 1.82) is 0 Å². The fourth-order valence-corrected chi connectivity index (χ4v) is 5.18. The van der Waals surface area contributed by atoms with Gasteiger partial charge in [0, 0.05) is 37.2 Å². The van der Waals surface area contributed by atoms with Crippen LogP contribution >= 0.6 is 0 Å². The molecule has 1 aliphatic heterocycles. The molecule has 0 aliphatic carbocycles. The van der Waals surface area contributed by atoms with Gasteiger partial charge in [0.05, 0.1) is 9.82 Å². The lowest BCUT2D eigenvalue weighted by molar-refractivity contribution is -0.385. The van der Waals surface area contributed by atoms with Gasteiger partial charge in [0.1, 0.15) is 0 Å². The zero-order chi connectivity index (χ0) is 19.1. The van der Waals surface area contributed by atoms with Crippen LogP contribution in [0, 0.1) is 24.0 Å². The van der Waals surface area contributed by atoms with Crippen LogP contribution in [0.15, 0.2) is 47.4 Å². The van der Waals surface area contributed by atoms with Crippen LogP contribution in [-0.4, -0.2) is 36.8 Å². The number of nitro groups is 1. The molecule has 2 aromatic carbocycles. The van der Waals surface area contributed by atoms with E-state index in [-0.39, 0.29) is 35.6 Å². The molecule has 0 bridgehead atoms. The summed E-state index contributed by atoms with van der Waals surface area (Å²) >= 11 is 0. The van der Waals surface area contributed by atoms with Gasteiger partial charge in [-0.25, -0.2) is 8.42 Å². The predicted molar refractivity (Wildman–Crippen MR) is 98.5 cm³/mol. The molecule has 1 fully saturated rings. The molecular formula is C18H21N3O4S. The number of rotatable bonds is 4. The van der Waals surface area contributed by atoms with E-state index < -0.39 is 14.9 Å². The highest BCUT2D eigenvalue weighted by molar-refractivity contribution is 7.89. The van der Waals surface area contributed by atoms with Crippen molar-refractivity contribution < 1.29 is 13.3 Å². The monoisotopic (exact) mass is 375 g/mol. The van der Waals surface area contributed by atoms with Crippen molar-refractivity contribution in [3.8, 4) is 0 Å². The molecule has 2 N–H and O–H groups in total. The first-order valence-corrected chi connectivity index (χ1v) is 9.72. The van der Waals surface area contributed by atoms with Crippen molar-refractivity contribution >= 4 is 15.7 Å². The second kappa shape index (κ2) is 6.79. The molecule has 1 saturated heterocycles. The lowest BCUT2D eigenvalue weighted by Gasteiger charge is -2.18. The van der Waals surface area contributed by atoms with Gasteiger partial charge in [0.2, 0.25) is 10.0 Å². The summed E-state index contributed by atoms with van der Waals surface area (Å²) in [5, 5.41) is 11.1. The number of nitrogens with two attached hydrogens (primary N) is 1. The summed E-state index contributed by atoms with van der Waals surface area (Å²) in [5.74, 6) is -0.105. The quantitative estimate of drug-likeness (QED) is 0.652. The summed E-state index contributed by atoms with van der Waals surface area (Å²) in [5.41, 5.74) is 8.06. The minimum Gasteiger partial charge on any atom is -0.326 e. The number of nitrogens with zero attached hydrogens (tertiary/aromatic N) is 2. The van der Waals surface area contributed by atoms with Crippen molar-refractivity contribution in [1.82, 2.24) is 4.31 Å². The molecule has 0 saturated carbocycles. The Bertz CT molecular complexity index is 944. The van der Waals surface area contributed by atoms with Gasteiger partial charge in [-0.05, 0) is 30.5 Å². The largest absolute Gasteiger partial charge is 0.326 e. The van der Waals surface area contributed by atoms with E-state index in [4.69, 9.17) is 5.73 Å². The Kier molecular flexibility index (Phi) is 4.83. The zero-order valence-corrected chi connectivity index (χ0v) is 15.4. The Morgan fingerprint density at radius 2 is 1.81 bits per heavy atom. The SMILES string of the molecule is Cc1cc([N+](=O)[O-])cc(S(=O)(=O)N2C[C@@H](N)[C@H](c3ccccc3)C2)c1C. The molecule has 0 aromatic heterocycles. The molecule has 0 radical (unpaired) electrons. The van der Waals surface area contributed by atoms with Crippen molar-refractivity contribution in [2.24, 2.45) is 5.73 Å². The lowest BCUT2D eigenvalue weighted by atomic mass is 9.95. The summed E-state index contributed by atoms with van der Waals surface area (Å²) in [4.78, 5) is 10.5. The van der Waals surface area contributed by atoms with E-state index in [1.165, 1.54) is 10.4 Å². The molecule has 2 atom stereocenters. The first-order chi connectivity index (χ1) is 12.2. The highest BCUT2D eigenvalue weighted by Gasteiger charge is 2.39. The molecule has 7 nitrogen and oxygen atoms in total. The predicted octanol–water partition coefficient (Wildman–Crippen LogP) is 2.33. The maximum absolute atomic E-state index is 13.2. The highest BCUT2D eigenvalue weighted by atomic mass is 32.2. The standard InChI is InChI=1S/C18H21N3O4S/c1-12-8-15(21(22)23)9-18(13(12)2)26(24,25)20-10-16(17(19)11-20)14-6-4-3-5-7-14/h3-9,16-17H,10-11,19H2,1-2H3/t16-,17+/m0/s1. The number of aryl methyl sites for hydroxylation is 1. The fraction of sp³-hybridized carbons (Fsp3) is 0.333. The summed E-state index contributed by atoms with van der Waals surface area (Å²) in [6.07, 6.45) is 0. The number of sulfonamides is 1. The maximum atomic E-state index is 13.2. The molecule has 2 aromatic rings. The first-order valence-electron chi connectivity index (χ1n) is 8.28. The number of hydrogen-bond acceptors (Lipinski definition) is 5. The molecule has 0 amide bonds. The number of hydrogen-bond donors (Lipinski definition) is 1. The molecular weight excluding hydrogens is 354 g/mol. The third-order valence-electron chi connectivity index (χ3n) is 4.99. The average Bonchev–Trinajstić information content (AvgIpc) is 3.00. The smallest absolute Gasteiger partial charge is 0.271 e. The van der Waals surface area contributed by atoms with Gasteiger partial charge in [-0.15, -0.1) is 0 Å². The minimum atomic E-state index is -3.87. The molecule has 138 valence electrons. The van der Waals surface area contributed by atoms with Crippen LogP contribution in [0.5, 0.6) is 0 Å². The van der Waals surface area contributed by atoms with Gasteiger partial charge in [-0.2, -0.15) is 4.31 Å². The lowest BCUT2D eigenvalue weighted by Crippen LogP contribution is -2.32. The first kappa shape index (κ1) is 18.5. The van der Waals surface area contributed by atoms with Crippen molar-refractivity contribution in [2.75, 3.05) is 13.1 Å². The Labute approximate surface area is 152 Å². The van der Waals surface area contributed by atoms with E-state index >= 15 is 0 Å². The van der Waals surface area contributed by atoms with E-state index in [2.05, 4.69) is 0 Å². The van der Waals surface area contributed by atoms with Gasteiger partial charge < -0.3 is 5.73 Å². The number of non-ortho nitro benzene ring substituents is 1. The molecule has 3 rings (SSSR count). The summed E-state index contributed by atoms with van der Waals surface area (Å²) < 4.78 is 27.6. The summed E-state index contributed by atoms with van der Waals surface area (Å²) in [7, 11) is -3.87. The third-order valence-corrected chi connectivity index (χ3v) is 6.95. The van der Waals surface area contributed by atoms with Crippen LogP contribution in [-0.2, 0) is 10.0 Å². The van der Waals surface area contributed by atoms with Gasteiger partial charge in [0.15, 0.2) is 0 Å². The van der Waals surface area contributed by atoms with Crippen LogP contribution in [0.3, 0.4) is 0 Å². The Hall–Kier alpha value is -2.29. The Balaban J connectivity index is 1.98. The third kappa shape index (κ3) is 3.23. The molecule has 26 heavy (non-hydrogen) atoms. The minimum absolute atomic E-state index is 0.0230. The van der Waals surface area contributed by atoms with Crippen LogP contribution in [0.25, 0.3) is 0 Å². The topological polar surface area (TPSA) is 107 Å². The normalized spacial score (nSPS) is 21.0. The second-order valence-electron chi connectivity index (χ2n) is 6.65.